The van der Waals surface area contributed by atoms with E-state index in [1.54, 1.807) is 0 Å². The molecule has 0 aromatic heterocycles. The van der Waals surface area contributed by atoms with E-state index in [4.69, 9.17) is 0 Å². The van der Waals surface area contributed by atoms with Gasteiger partial charge < -0.3 is 0 Å². The van der Waals surface area contributed by atoms with E-state index in [0.29, 0.717) is 0 Å². The molecule has 1 aromatic carbocycles. The molecular weight excluding hydrogens is 296 g/mol. The highest BCUT2D eigenvalue weighted by molar-refractivity contribution is 8.02. The van der Waals surface area contributed by atoms with Crippen molar-refractivity contribution in [3.05, 3.63) is 77.1 Å². The van der Waals surface area contributed by atoms with Gasteiger partial charge in [0.05, 0.1) is 10.9 Å². The van der Waals surface area contributed by atoms with Crippen LogP contribution in [0.4, 0.5) is 0 Å². The van der Waals surface area contributed by atoms with Crippen LogP contribution in [0.5, 0.6) is 0 Å². The molecule has 0 saturated heterocycles. The molecule has 0 aliphatic carbocycles. The molecule has 1 heteroatoms. The monoisotopic (exact) mass is 327 g/mol. The van der Waals surface area contributed by atoms with Gasteiger partial charge in [-0.2, -0.15) is 0 Å². The van der Waals surface area contributed by atoms with Gasteiger partial charge in [-0.1, -0.05) is 71.1 Å². The van der Waals surface area contributed by atoms with Crippen LogP contribution in [0.2, 0.25) is 0 Å². The normalized spacial score (nSPS) is 13.5. The predicted octanol–water partition coefficient (Wildman–Crippen LogP) is 6.92. The van der Waals surface area contributed by atoms with Gasteiger partial charge in [-0.05, 0) is 48.1 Å². The average molecular weight is 328 g/mol. The van der Waals surface area contributed by atoms with Gasteiger partial charge >= 0.3 is 0 Å². The fourth-order valence-corrected chi connectivity index (χ4v) is 3.38. The maximum Gasteiger partial charge on any atom is 0.165 e. The lowest BCUT2D eigenvalue weighted by atomic mass is 9.87. The van der Waals surface area contributed by atoms with Crippen molar-refractivity contribution < 1.29 is 0 Å². The van der Waals surface area contributed by atoms with Crippen molar-refractivity contribution >= 4 is 10.9 Å². The third-order valence-electron chi connectivity index (χ3n) is 3.41. The summed E-state index contributed by atoms with van der Waals surface area (Å²) in [5.74, 6) is 0. The summed E-state index contributed by atoms with van der Waals surface area (Å²) < 4.78 is 0. The van der Waals surface area contributed by atoms with Gasteiger partial charge in [0.1, 0.15) is 10.8 Å². The number of hydrogen-bond acceptors (Lipinski definition) is 0. The molecule has 124 valence electrons. The fourth-order valence-electron chi connectivity index (χ4n) is 2.00. The Morgan fingerprint density at radius 1 is 0.783 bits per heavy atom. The zero-order valence-electron chi connectivity index (χ0n) is 15.3. The highest BCUT2D eigenvalue weighted by Gasteiger charge is 2.18. The first kappa shape index (κ1) is 19.6. The van der Waals surface area contributed by atoms with Crippen molar-refractivity contribution in [2.75, 3.05) is 0 Å². The lowest BCUT2D eigenvalue weighted by Gasteiger charge is -2.18. The second-order valence-corrected chi connectivity index (χ2v) is 8.24. The van der Waals surface area contributed by atoms with Gasteiger partial charge in [0, 0.05) is 0 Å². The van der Waals surface area contributed by atoms with Crippen molar-refractivity contribution in [1.82, 2.24) is 0 Å². The van der Waals surface area contributed by atoms with Crippen LogP contribution in [-0.2, 0) is 16.3 Å². The SMILES string of the molecule is CC/C=C/C=C/[S+](/C=C/C=C/CC)c1ccc(C(C)(C)C)cc1. The molecule has 0 N–H and O–H groups in total. The van der Waals surface area contributed by atoms with Crippen LogP contribution >= 0.6 is 0 Å². The maximum atomic E-state index is 2.29. The number of hydrogen-bond donors (Lipinski definition) is 0. The molecule has 0 radical (unpaired) electrons. The number of rotatable bonds is 7. The van der Waals surface area contributed by atoms with E-state index in [0.717, 1.165) is 12.8 Å². The topological polar surface area (TPSA) is 0 Å². The lowest BCUT2D eigenvalue weighted by Crippen LogP contribution is -2.10. The van der Waals surface area contributed by atoms with Crippen LogP contribution in [0.15, 0.2) is 76.4 Å². The van der Waals surface area contributed by atoms with Crippen LogP contribution in [-0.4, -0.2) is 0 Å². The summed E-state index contributed by atoms with van der Waals surface area (Å²) in [5.41, 5.74) is 1.59. The van der Waals surface area contributed by atoms with Gasteiger partial charge in [0.2, 0.25) is 0 Å². The highest BCUT2D eigenvalue weighted by atomic mass is 32.2. The van der Waals surface area contributed by atoms with E-state index < -0.39 is 0 Å². The minimum Gasteiger partial charge on any atom is -0.0846 e. The minimum atomic E-state index is 0.00653. The molecular formula is C22H31S+. The Morgan fingerprint density at radius 3 is 1.65 bits per heavy atom. The van der Waals surface area contributed by atoms with E-state index in [1.165, 1.54) is 10.5 Å². The van der Waals surface area contributed by atoms with Gasteiger partial charge in [-0.15, -0.1) is 0 Å². The maximum absolute atomic E-state index is 2.29. The molecule has 0 fully saturated rings. The van der Waals surface area contributed by atoms with E-state index in [-0.39, 0.29) is 16.3 Å². The third kappa shape index (κ3) is 7.56. The molecule has 0 aliphatic rings. The quantitative estimate of drug-likeness (QED) is 0.376. The molecule has 0 heterocycles. The summed E-state index contributed by atoms with van der Waals surface area (Å²) in [6.45, 7) is 11.1. The summed E-state index contributed by atoms with van der Waals surface area (Å²) in [4.78, 5) is 1.36. The second kappa shape index (κ2) is 10.3. The molecule has 0 nitrogen and oxygen atoms in total. The van der Waals surface area contributed by atoms with E-state index >= 15 is 0 Å². The zero-order valence-corrected chi connectivity index (χ0v) is 16.1. The van der Waals surface area contributed by atoms with Crippen molar-refractivity contribution in [3.63, 3.8) is 0 Å². The molecule has 0 saturated carbocycles. The standard InChI is InChI=1S/C22H31S/c1-6-8-10-12-18-23(19-13-11-9-7-2)21-16-14-20(15-17-21)22(3,4)5/h8-19H,6-7H2,1-5H3/q+1/b10-8+,11-9+,18-12+,19-13+. The van der Waals surface area contributed by atoms with E-state index in [2.05, 4.69) is 106 Å². The number of allylic oxidation sites excluding steroid dienone is 6. The van der Waals surface area contributed by atoms with Crippen LogP contribution in [0.1, 0.15) is 53.0 Å². The molecule has 0 bridgehead atoms. The lowest BCUT2D eigenvalue weighted by molar-refractivity contribution is 0.590. The molecule has 1 rings (SSSR count). The first-order valence-electron chi connectivity index (χ1n) is 8.48. The van der Waals surface area contributed by atoms with Gasteiger partial charge in [0.25, 0.3) is 0 Å². The Hall–Kier alpha value is -1.47. The minimum absolute atomic E-state index is 0.00653. The summed E-state index contributed by atoms with van der Waals surface area (Å²) in [7, 11) is 0.00653. The molecule has 23 heavy (non-hydrogen) atoms. The highest BCUT2D eigenvalue weighted by Crippen LogP contribution is 2.25. The van der Waals surface area contributed by atoms with Gasteiger partial charge in [0.15, 0.2) is 4.90 Å². The Morgan fingerprint density at radius 2 is 1.26 bits per heavy atom. The van der Waals surface area contributed by atoms with Gasteiger partial charge in [-0.25, -0.2) is 0 Å². The first-order valence-corrected chi connectivity index (χ1v) is 9.83. The van der Waals surface area contributed by atoms with Crippen molar-refractivity contribution in [2.24, 2.45) is 0 Å². The molecule has 0 unspecified atom stereocenters. The van der Waals surface area contributed by atoms with E-state index in [9.17, 15) is 0 Å². The summed E-state index contributed by atoms with van der Waals surface area (Å²) >= 11 is 0. The van der Waals surface area contributed by atoms with Gasteiger partial charge in [-0.3, -0.25) is 0 Å². The molecule has 0 amide bonds. The Labute approximate surface area is 146 Å². The van der Waals surface area contributed by atoms with Crippen LogP contribution in [0.25, 0.3) is 0 Å². The summed E-state index contributed by atoms with van der Waals surface area (Å²) in [6, 6.07) is 9.07. The second-order valence-electron chi connectivity index (χ2n) is 6.48. The van der Waals surface area contributed by atoms with Crippen LogP contribution in [0.3, 0.4) is 0 Å². The summed E-state index contributed by atoms with van der Waals surface area (Å²) in [6.07, 6.45) is 15.1. The molecule has 0 aliphatic heterocycles. The van der Waals surface area contributed by atoms with Crippen molar-refractivity contribution in [2.45, 2.75) is 57.8 Å². The molecule has 1 aromatic rings. The van der Waals surface area contributed by atoms with Crippen LogP contribution in [0, 0.1) is 0 Å². The number of benzene rings is 1. The zero-order chi connectivity index (χ0) is 17.1. The fraction of sp³-hybridized carbons (Fsp3) is 0.364. The first-order chi connectivity index (χ1) is 11.0. The Bertz CT molecular complexity index is 527. The van der Waals surface area contributed by atoms with E-state index in [1.807, 2.05) is 0 Å². The average Bonchev–Trinajstić information content (AvgIpc) is 2.53. The molecule has 0 atom stereocenters. The predicted molar refractivity (Wildman–Crippen MR) is 108 cm³/mol. The third-order valence-corrected chi connectivity index (χ3v) is 5.13. The molecule has 0 spiro atoms. The largest absolute Gasteiger partial charge is 0.165 e. The van der Waals surface area contributed by atoms with Crippen LogP contribution < -0.4 is 0 Å². The Balaban J connectivity index is 2.98. The smallest absolute Gasteiger partial charge is 0.0846 e. The Kier molecular flexibility index (Phi) is 8.79. The van der Waals surface area contributed by atoms with Crippen molar-refractivity contribution in [1.29, 1.82) is 0 Å². The summed E-state index contributed by atoms with van der Waals surface area (Å²) in [5, 5.41) is 4.57. The van der Waals surface area contributed by atoms with Crippen molar-refractivity contribution in [3.8, 4) is 0 Å².